The van der Waals surface area contributed by atoms with Crippen LogP contribution in [-0.2, 0) is 17.9 Å². The molecule has 0 fully saturated rings. The maximum atomic E-state index is 5.83. The largest absolute Gasteiger partial charge is 0.329 e. The topological polar surface area (TPSA) is 59.3 Å². The Morgan fingerprint density at radius 2 is 1.81 bits per heavy atom. The van der Waals surface area contributed by atoms with Crippen LogP contribution in [0.1, 0.15) is 29.7 Å². The molecule has 0 aromatic heterocycles. The summed E-state index contributed by atoms with van der Waals surface area (Å²) in [6.07, 6.45) is 1.02. The fourth-order valence-electron chi connectivity index (χ4n) is 2.11. The van der Waals surface area contributed by atoms with Gasteiger partial charge >= 0.3 is 0 Å². The summed E-state index contributed by atoms with van der Waals surface area (Å²) in [5.41, 5.74) is 15.3. The molecular formula is C17H23N3O. The van der Waals surface area contributed by atoms with Crippen LogP contribution in [0.3, 0.4) is 0 Å². The standard InChI is InChI=1S/C17H23N3O/c1-2-14-9-6-10-16(11-14)17(12-18)19-20-21-13-15-7-4-3-5-8-15/h3-11,17,19-20H,2,12-13,18H2,1H3. The molecule has 21 heavy (non-hydrogen) atoms. The third-order valence-corrected chi connectivity index (χ3v) is 3.38. The fraction of sp³-hybridized carbons (Fsp3) is 0.294. The van der Waals surface area contributed by atoms with Crippen molar-refractivity contribution in [3.05, 3.63) is 71.3 Å². The van der Waals surface area contributed by atoms with E-state index in [1.54, 1.807) is 0 Å². The van der Waals surface area contributed by atoms with Crippen LogP contribution < -0.4 is 16.7 Å². The zero-order chi connectivity index (χ0) is 14.9. The van der Waals surface area contributed by atoms with Crippen molar-refractivity contribution < 1.29 is 4.84 Å². The number of rotatable bonds is 8. The van der Waals surface area contributed by atoms with Gasteiger partial charge in [0.05, 0.1) is 12.6 Å². The van der Waals surface area contributed by atoms with E-state index in [4.69, 9.17) is 10.6 Å². The third kappa shape index (κ3) is 4.95. The smallest absolute Gasteiger partial charge is 0.0949 e. The lowest BCUT2D eigenvalue weighted by molar-refractivity contribution is -0.00962. The van der Waals surface area contributed by atoms with E-state index in [9.17, 15) is 0 Å². The number of aryl methyl sites for hydroxylation is 1. The Morgan fingerprint density at radius 1 is 1.05 bits per heavy atom. The Balaban J connectivity index is 1.82. The van der Waals surface area contributed by atoms with Gasteiger partial charge in [0, 0.05) is 6.54 Å². The molecule has 4 nitrogen and oxygen atoms in total. The van der Waals surface area contributed by atoms with E-state index in [-0.39, 0.29) is 6.04 Å². The highest BCUT2D eigenvalue weighted by Gasteiger charge is 2.09. The highest BCUT2D eigenvalue weighted by atomic mass is 16.7. The first-order chi connectivity index (χ1) is 10.3. The van der Waals surface area contributed by atoms with E-state index in [2.05, 4.69) is 42.2 Å². The number of nitrogens with two attached hydrogens (primary N) is 1. The normalized spacial score (nSPS) is 12.3. The van der Waals surface area contributed by atoms with Crippen LogP contribution in [0.15, 0.2) is 54.6 Å². The number of hydrazine groups is 1. The third-order valence-electron chi connectivity index (χ3n) is 3.38. The molecule has 2 aromatic carbocycles. The zero-order valence-corrected chi connectivity index (χ0v) is 12.4. The van der Waals surface area contributed by atoms with Gasteiger partial charge in [0.2, 0.25) is 0 Å². The quantitative estimate of drug-likeness (QED) is 0.515. The van der Waals surface area contributed by atoms with Crippen molar-refractivity contribution in [2.45, 2.75) is 26.0 Å². The van der Waals surface area contributed by atoms with E-state index in [1.165, 1.54) is 5.56 Å². The minimum absolute atomic E-state index is 0.0206. The van der Waals surface area contributed by atoms with Gasteiger partial charge in [-0.15, -0.1) is 5.59 Å². The lowest BCUT2D eigenvalue weighted by atomic mass is 10.0. The highest BCUT2D eigenvalue weighted by molar-refractivity contribution is 5.26. The van der Waals surface area contributed by atoms with Gasteiger partial charge in [0.25, 0.3) is 0 Å². The molecule has 0 aliphatic heterocycles. The molecule has 0 saturated heterocycles. The van der Waals surface area contributed by atoms with Crippen LogP contribution in [0.25, 0.3) is 0 Å². The average Bonchev–Trinajstić information content (AvgIpc) is 2.56. The molecule has 2 rings (SSSR count). The SMILES string of the molecule is CCc1cccc(C(CN)NNOCc2ccccc2)c1. The minimum atomic E-state index is 0.0206. The van der Waals surface area contributed by atoms with Gasteiger partial charge in [0.1, 0.15) is 0 Å². The lowest BCUT2D eigenvalue weighted by Crippen LogP contribution is -2.38. The molecule has 0 heterocycles. The van der Waals surface area contributed by atoms with E-state index < -0.39 is 0 Å². The second kappa shape index (κ2) is 8.54. The van der Waals surface area contributed by atoms with Crippen molar-refractivity contribution in [1.82, 2.24) is 11.0 Å². The molecule has 2 aromatic rings. The van der Waals surface area contributed by atoms with E-state index in [1.807, 2.05) is 30.3 Å². The van der Waals surface area contributed by atoms with Gasteiger partial charge in [0.15, 0.2) is 0 Å². The monoisotopic (exact) mass is 285 g/mol. The zero-order valence-electron chi connectivity index (χ0n) is 12.4. The van der Waals surface area contributed by atoms with Crippen molar-refractivity contribution in [2.24, 2.45) is 5.73 Å². The molecule has 0 aliphatic carbocycles. The van der Waals surface area contributed by atoms with Crippen LogP contribution in [0.4, 0.5) is 0 Å². The summed E-state index contributed by atoms with van der Waals surface area (Å²) in [4.78, 5) is 5.41. The van der Waals surface area contributed by atoms with Gasteiger partial charge in [-0.2, -0.15) is 0 Å². The first-order valence-electron chi connectivity index (χ1n) is 7.28. The highest BCUT2D eigenvalue weighted by Crippen LogP contribution is 2.13. The molecule has 1 unspecified atom stereocenters. The molecule has 0 radical (unpaired) electrons. The Bertz CT molecular complexity index is 531. The van der Waals surface area contributed by atoms with Crippen molar-refractivity contribution in [1.29, 1.82) is 0 Å². The lowest BCUT2D eigenvalue weighted by Gasteiger charge is -2.18. The Kier molecular flexibility index (Phi) is 6.37. The van der Waals surface area contributed by atoms with Crippen LogP contribution in [0, 0.1) is 0 Å². The predicted molar refractivity (Wildman–Crippen MR) is 85.1 cm³/mol. The molecule has 0 bridgehead atoms. The van der Waals surface area contributed by atoms with Crippen molar-refractivity contribution in [3.63, 3.8) is 0 Å². The Morgan fingerprint density at radius 3 is 2.52 bits per heavy atom. The first kappa shape index (κ1) is 15.7. The minimum Gasteiger partial charge on any atom is -0.329 e. The van der Waals surface area contributed by atoms with Gasteiger partial charge in [-0.05, 0) is 23.1 Å². The average molecular weight is 285 g/mol. The van der Waals surface area contributed by atoms with Crippen molar-refractivity contribution in [2.75, 3.05) is 6.54 Å². The first-order valence-corrected chi connectivity index (χ1v) is 7.28. The summed E-state index contributed by atoms with van der Waals surface area (Å²) in [5.74, 6) is 0. The van der Waals surface area contributed by atoms with Crippen LogP contribution in [-0.4, -0.2) is 6.54 Å². The molecule has 0 spiro atoms. The molecule has 112 valence electrons. The number of hydrogen-bond acceptors (Lipinski definition) is 4. The summed E-state index contributed by atoms with van der Waals surface area (Å²) < 4.78 is 0. The molecule has 4 N–H and O–H groups in total. The second-order valence-electron chi connectivity index (χ2n) is 4.91. The number of hydrogen-bond donors (Lipinski definition) is 3. The predicted octanol–water partition coefficient (Wildman–Crippen LogP) is 2.47. The second-order valence-corrected chi connectivity index (χ2v) is 4.91. The van der Waals surface area contributed by atoms with Gasteiger partial charge < -0.3 is 5.73 Å². The molecule has 0 saturated carbocycles. The summed E-state index contributed by atoms with van der Waals surface area (Å²) in [6.45, 7) is 3.14. The van der Waals surface area contributed by atoms with E-state index in [0.717, 1.165) is 17.5 Å². The van der Waals surface area contributed by atoms with Crippen LogP contribution >= 0.6 is 0 Å². The maximum Gasteiger partial charge on any atom is 0.0949 e. The fourth-order valence-corrected chi connectivity index (χ4v) is 2.11. The van der Waals surface area contributed by atoms with Gasteiger partial charge in [-0.1, -0.05) is 61.5 Å². The summed E-state index contributed by atoms with van der Waals surface area (Å²) in [7, 11) is 0. The molecule has 0 amide bonds. The summed E-state index contributed by atoms with van der Waals surface area (Å²) in [5, 5.41) is 0. The Hall–Kier alpha value is -1.72. The van der Waals surface area contributed by atoms with Crippen LogP contribution in [0.5, 0.6) is 0 Å². The van der Waals surface area contributed by atoms with E-state index >= 15 is 0 Å². The van der Waals surface area contributed by atoms with Crippen LogP contribution in [0.2, 0.25) is 0 Å². The number of nitrogens with one attached hydrogen (secondary N) is 2. The van der Waals surface area contributed by atoms with Gasteiger partial charge in [-0.25, -0.2) is 5.43 Å². The Labute approximate surface area is 126 Å². The molecular weight excluding hydrogens is 262 g/mol. The number of benzene rings is 2. The van der Waals surface area contributed by atoms with Crippen molar-refractivity contribution in [3.8, 4) is 0 Å². The van der Waals surface area contributed by atoms with Gasteiger partial charge in [-0.3, -0.25) is 4.84 Å². The van der Waals surface area contributed by atoms with Crippen molar-refractivity contribution >= 4 is 0 Å². The summed E-state index contributed by atoms with van der Waals surface area (Å²) >= 11 is 0. The molecule has 1 atom stereocenters. The maximum absolute atomic E-state index is 5.83. The molecule has 0 aliphatic rings. The summed E-state index contributed by atoms with van der Waals surface area (Å²) in [6, 6.07) is 18.5. The molecule has 4 heteroatoms. The van der Waals surface area contributed by atoms with E-state index in [0.29, 0.717) is 13.2 Å².